The van der Waals surface area contributed by atoms with Gasteiger partial charge in [0, 0.05) is 12.2 Å². The van der Waals surface area contributed by atoms with E-state index < -0.39 is 0 Å². The van der Waals surface area contributed by atoms with Crippen LogP contribution in [0, 0.1) is 0 Å². The van der Waals surface area contributed by atoms with Gasteiger partial charge in [0.15, 0.2) is 0 Å². The highest BCUT2D eigenvalue weighted by atomic mass is 32.2. The van der Waals surface area contributed by atoms with Crippen LogP contribution in [-0.4, -0.2) is 11.0 Å². The maximum Gasteiger partial charge on any atom is 0.118 e. The van der Waals surface area contributed by atoms with Crippen molar-refractivity contribution in [3.8, 4) is 0 Å². The third-order valence-corrected chi connectivity index (χ3v) is 3.37. The summed E-state index contributed by atoms with van der Waals surface area (Å²) in [6.45, 7) is 5.04. The van der Waals surface area contributed by atoms with E-state index in [0.717, 1.165) is 28.8 Å². The van der Waals surface area contributed by atoms with Crippen molar-refractivity contribution < 1.29 is 4.42 Å². The summed E-state index contributed by atoms with van der Waals surface area (Å²) in [5.41, 5.74) is 0. The van der Waals surface area contributed by atoms with E-state index in [1.165, 1.54) is 0 Å². The second-order valence-corrected chi connectivity index (χ2v) is 5.36. The summed E-state index contributed by atoms with van der Waals surface area (Å²) in [5, 5.41) is 4.36. The van der Waals surface area contributed by atoms with Gasteiger partial charge >= 0.3 is 0 Å². The van der Waals surface area contributed by atoms with Crippen LogP contribution in [0.5, 0.6) is 0 Å². The van der Waals surface area contributed by atoms with Crippen molar-refractivity contribution in [3.05, 3.63) is 48.0 Å². The first-order valence-electron chi connectivity index (χ1n) is 6.09. The Kier molecular flexibility index (Phi) is 4.84. The number of nitrogens with one attached hydrogen (secondary N) is 1. The first-order valence-corrected chi connectivity index (χ1v) is 7.07. The fourth-order valence-electron chi connectivity index (χ4n) is 1.48. The standard InChI is InChI=1S/C14H18N2OS/c1-11(2)16-9-12-6-7-13(17-12)10-18-14-5-3-4-8-15-14/h3-8,11,16H,9-10H2,1-2H3. The summed E-state index contributed by atoms with van der Waals surface area (Å²) in [6.07, 6.45) is 1.81. The van der Waals surface area contributed by atoms with Crippen LogP contribution >= 0.6 is 11.8 Å². The van der Waals surface area contributed by atoms with Gasteiger partial charge in [-0.25, -0.2) is 4.98 Å². The zero-order valence-electron chi connectivity index (χ0n) is 10.7. The normalized spacial score (nSPS) is 11.1. The molecule has 2 aromatic heterocycles. The molecule has 0 saturated carbocycles. The highest BCUT2D eigenvalue weighted by Gasteiger charge is 2.04. The monoisotopic (exact) mass is 262 g/mol. The van der Waals surface area contributed by atoms with Crippen LogP contribution in [0.4, 0.5) is 0 Å². The number of rotatable bonds is 6. The molecule has 0 saturated heterocycles. The molecule has 0 aliphatic rings. The highest BCUT2D eigenvalue weighted by molar-refractivity contribution is 7.98. The van der Waals surface area contributed by atoms with Gasteiger partial charge in [0.2, 0.25) is 0 Å². The van der Waals surface area contributed by atoms with Crippen molar-refractivity contribution in [2.75, 3.05) is 0 Å². The van der Waals surface area contributed by atoms with E-state index in [-0.39, 0.29) is 0 Å². The molecule has 18 heavy (non-hydrogen) atoms. The zero-order chi connectivity index (χ0) is 12.8. The molecule has 0 amide bonds. The fraction of sp³-hybridized carbons (Fsp3) is 0.357. The van der Waals surface area contributed by atoms with E-state index in [0.29, 0.717) is 6.04 Å². The van der Waals surface area contributed by atoms with Gasteiger partial charge in [-0.1, -0.05) is 31.7 Å². The molecule has 0 aromatic carbocycles. The van der Waals surface area contributed by atoms with Gasteiger partial charge < -0.3 is 9.73 Å². The molecule has 0 radical (unpaired) electrons. The SMILES string of the molecule is CC(C)NCc1ccc(CSc2ccccn2)o1. The average molecular weight is 262 g/mol. The van der Waals surface area contributed by atoms with Gasteiger partial charge in [0.25, 0.3) is 0 Å². The molecule has 3 nitrogen and oxygen atoms in total. The lowest BCUT2D eigenvalue weighted by molar-refractivity contribution is 0.445. The van der Waals surface area contributed by atoms with Crippen molar-refractivity contribution in [1.82, 2.24) is 10.3 Å². The van der Waals surface area contributed by atoms with E-state index in [9.17, 15) is 0 Å². The Hall–Kier alpha value is -1.26. The van der Waals surface area contributed by atoms with E-state index >= 15 is 0 Å². The number of hydrogen-bond acceptors (Lipinski definition) is 4. The molecule has 0 bridgehead atoms. The van der Waals surface area contributed by atoms with Crippen LogP contribution in [-0.2, 0) is 12.3 Å². The molecular formula is C14H18N2OS. The van der Waals surface area contributed by atoms with Crippen LogP contribution < -0.4 is 5.32 Å². The summed E-state index contributed by atoms with van der Waals surface area (Å²) >= 11 is 1.69. The third kappa shape index (κ3) is 4.20. The fourth-order valence-corrected chi connectivity index (χ4v) is 2.23. The van der Waals surface area contributed by atoms with Crippen LogP contribution in [0.25, 0.3) is 0 Å². The largest absolute Gasteiger partial charge is 0.464 e. The van der Waals surface area contributed by atoms with Crippen LogP contribution in [0.15, 0.2) is 46.0 Å². The number of aromatic nitrogens is 1. The Bertz CT molecular complexity index is 468. The van der Waals surface area contributed by atoms with Gasteiger partial charge in [0.05, 0.1) is 17.3 Å². The molecule has 0 atom stereocenters. The van der Waals surface area contributed by atoms with Gasteiger partial charge in [0.1, 0.15) is 11.5 Å². The molecule has 0 unspecified atom stereocenters. The number of furan rings is 1. The Morgan fingerprint density at radius 1 is 1.22 bits per heavy atom. The topological polar surface area (TPSA) is 38.1 Å². The Morgan fingerprint density at radius 3 is 2.78 bits per heavy atom. The lowest BCUT2D eigenvalue weighted by Crippen LogP contribution is -2.21. The summed E-state index contributed by atoms with van der Waals surface area (Å²) in [7, 11) is 0. The lowest BCUT2D eigenvalue weighted by Gasteiger charge is -2.05. The third-order valence-electron chi connectivity index (χ3n) is 2.40. The predicted molar refractivity (Wildman–Crippen MR) is 74.5 cm³/mol. The smallest absolute Gasteiger partial charge is 0.118 e. The van der Waals surface area contributed by atoms with E-state index in [1.807, 2.05) is 36.5 Å². The van der Waals surface area contributed by atoms with Crippen LogP contribution in [0.3, 0.4) is 0 Å². The number of hydrogen-bond donors (Lipinski definition) is 1. The minimum absolute atomic E-state index is 0.474. The van der Waals surface area contributed by atoms with E-state index in [2.05, 4.69) is 24.1 Å². The van der Waals surface area contributed by atoms with Crippen molar-refractivity contribution in [3.63, 3.8) is 0 Å². The van der Waals surface area contributed by atoms with E-state index in [4.69, 9.17) is 4.42 Å². The van der Waals surface area contributed by atoms with E-state index in [1.54, 1.807) is 11.8 Å². The summed E-state index contributed by atoms with van der Waals surface area (Å²) < 4.78 is 5.74. The molecule has 0 aliphatic carbocycles. The molecule has 0 spiro atoms. The predicted octanol–water partition coefficient (Wildman–Crippen LogP) is 3.46. The minimum Gasteiger partial charge on any atom is -0.464 e. The van der Waals surface area contributed by atoms with Gasteiger partial charge in [-0.3, -0.25) is 0 Å². The van der Waals surface area contributed by atoms with Gasteiger partial charge in [-0.05, 0) is 24.3 Å². The van der Waals surface area contributed by atoms with Gasteiger partial charge in [-0.15, -0.1) is 0 Å². The quantitative estimate of drug-likeness (QED) is 0.809. The number of thioether (sulfide) groups is 1. The van der Waals surface area contributed by atoms with Crippen molar-refractivity contribution in [2.45, 2.75) is 37.2 Å². The van der Waals surface area contributed by atoms with Crippen molar-refractivity contribution in [2.24, 2.45) is 0 Å². The number of nitrogens with zero attached hydrogens (tertiary/aromatic N) is 1. The molecule has 96 valence electrons. The zero-order valence-corrected chi connectivity index (χ0v) is 11.5. The molecule has 0 fully saturated rings. The van der Waals surface area contributed by atoms with Gasteiger partial charge in [-0.2, -0.15) is 0 Å². The Labute approximate surface area is 112 Å². The summed E-state index contributed by atoms with van der Waals surface area (Å²) in [4.78, 5) is 4.27. The Balaban J connectivity index is 1.83. The average Bonchev–Trinajstić information content (AvgIpc) is 2.83. The molecule has 4 heteroatoms. The number of pyridine rings is 1. The molecule has 2 aromatic rings. The Morgan fingerprint density at radius 2 is 2.06 bits per heavy atom. The lowest BCUT2D eigenvalue weighted by atomic mass is 10.3. The second-order valence-electron chi connectivity index (χ2n) is 4.36. The van der Waals surface area contributed by atoms with Crippen molar-refractivity contribution in [1.29, 1.82) is 0 Å². The molecular weight excluding hydrogens is 244 g/mol. The summed E-state index contributed by atoms with van der Waals surface area (Å²) in [5.74, 6) is 2.80. The molecule has 2 heterocycles. The first kappa shape index (κ1) is 13.2. The van der Waals surface area contributed by atoms with Crippen molar-refractivity contribution >= 4 is 11.8 Å². The summed E-state index contributed by atoms with van der Waals surface area (Å²) in [6, 6.07) is 10.5. The minimum atomic E-state index is 0.474. The second kappa shape index (κ2) is 6.61. The maximum atomic E-state index is 5.74. The molecule has 0 aliphatic heterocycles. The molecule has 2 rings (SSSR count). The van der Waals surface area contributed by atoms with Crippen LogP contribution in [0.2, 0.25) is 0 Å². The molecule has 1 N–H and O–H groups in total. The van der Waals surface area contributed by atoms with Crippen LogP contribution in [0.1, 0.15) is 25.4 Å². The maximum absolute atomic E-state index is 5.74. The first-order chi connectivity index (χ1) is 8.74. The highest BCUT2D eigenvalue weighted by Crippen LogP contribution is 2.21.